The summed E-state index contributed by atoms with van der Waals surface area (Å²) in [6, 6.07) is 2.92. The van der Waals surface area contributed by atoms with Gasteiger partial charge in [0.2, 0.25) is 5.88 Å². The first kappa shape index (κ1) is 18.7. The van der Waals surface area contributed by atoms with Crippen molar-refractivity contribution in [3.05, 3.63) is 18.1 Å². The van der Waals surface area contributed by atoms with Crippen LogP contribution in [-0.4, -0.2) is 17.6 Å². The monoisotopic (exact) mass is 337 g/mol. The molecule has 0 bridgehead atoms. The Hall–Kier alpha value is -1.65. The molecule has 0 N–H and O–H groups in total. The van der Waals surface area contributed by atoms with Crippen LogP contribution in [0.4, 0.5) is 4.39 Å². The van der Waals surface area contributed by atoms with Gasteiger partial charge >= 0.3 is 5.97 Å². The van der Waals surface area contributed by atoms with E-state index in [1.165, 1.54) is 37.8 Å². The maximum atomic E-state index is 13.9. The maximum absolute atomic E-state index is 13.9. The van der Waals surface area contributed by atoms with Crippen molar-refractivity contribution in [3.8, 4) is 11.6 Å². The quantitative estimate of drug-likeness (QED) is 0.384. The summed E-state index contributed by atoms with van der Waals surface area (Å²) in [4.78, 5) is 15.9. The second-order valence-electron chi connectivity index (χ2n) is 6.51. The zero-order valence-corrected chi connectivity index (χ0v) is 14.7. The van der Waals surface area contributed by atoms with Crippen LogP contribution in [0, 0.1) is 17.8 Å². The van der Waals surface area contributed by atoms with E-state index in [-0.39, 0.29) is 23.5 Å². The second kappa shape index (κ2) is 9.60. The summed E-state index contributed by atoms with van der Waals surface area (Å²) in [7, 11) is 0. The van der Waals surface area contributed by atoms with Crippen LogP contribution in [0.1, 0.15) is 65.2 Å². The first-order valence-electron chi connectivity index (χ1n) is 9.15. The number of aromatic nitrogens is 1. The average Bonchev–Trinajstić information content (AvgIpc) is 2.58. The Morgan fingerprint density at radius 1 is 1.21 bits per heavy atom. The van der Waals surface area contributed by atoms with E-state index in [0.717, 1.165) is 31.6 Å². The first-order chi connectivity index (χ1) is 11.6. The third kappa shape index (κ3) is 5.46. The number of nitrogens with zero attached hydrogens (tertiary/aromatic N) is 1. The number of carbonyl (C=O) groups is 1. The highest BCUT2D eigenvalue weighted by Crippen LogP contribution is 2.33. The highest BCUT2D eigenvalue weighted by molar-refractivity contribution is 5.75. The van der Waals surface area contributed by atoms with E-state index in [0.29, 0.717) is 6.61 Å². The number of pyridine rings is 1. The molecule has 0 radical (unpaired) electrons. The summed E-state index contributed by atoms with van der Waals surface area (Å²) in [6.45, 7) is 4.42. The van der Waals surface area contributed by atoms with E-state index in [1.54, 1.807) is 6.92 Å². The minimum absolute atomic E-state index is 0.117. The molecule has 5 heteroatoms. The summed E-state index contributed by atoms with van der Waals surface area (Å²) < 4.78 is 24.2. The fourth-order valence-electron chi connectivity index (χ4n) is 3.27. The van der Waals surface area contributed by atoms with Gasteiger partial charge in [0.1, 0.15) is 0 Å². The highest BCUT2D eigenvalue weighted by atomic mass is 19.1. The Labute approximate surface area is 143 Å². The van der Waals surface area contributed by atoms with E-state index in [4.69, 9.17) is 9.47 Å². The summed E-state index contributed by atoms with van der Waals surface area (Å²) in [5, 5.41) is 0. The predicted octanol–water partition coefficient (Wildman–Crippen LogP) is 4.91. The smallest absolute Gasteiger partial charge is 0.314 e. The molecule has 2 rings (SSSR count). The Morgan fingerprint density at radius 3 is 2.58 bits per heavy atom. The Balaban J connectivity index is 1.81. The van der Waals surface area contributed by atoms with E-state index in [9.17, 15) is 9.18 Å². The molecule has 1 aliphatic rings. The molecule has 1 heterocycles. The number of unbranched alkanes of at least 4 members (excludes halogenated alkanes) is 2. The molecule has 1 aliphatic carbocycles. The van der Waals surface area contributed by atoms with Crippen molar-refractivity contribution < 1.29 is 18.7 Å². The Morgan fingerprint density at radius 2 is 1.96 bits per heavy atom. The van der Waals surface area contributed by atoms with Gasteiger partial charge in [0, 0.05) is 6.07 Å². The SMILES string of the molecule is CCCCCC1CCC(C(=O)Oc2ccc(OCC)nc2F)CC1. The normalized spacial score (nSPS) is 20.6. The molecular weight excluding hydrogens is 309 g/mol. The van der Waals surface area contributed by atoms with Gasteiger partial charge in [-0.2, -0.15) is 9.37 Å². The first-order valence-corrected chi connectivity index (χ1v) is 9.15. The van der Waals surface area contributed by atoms with E-state index in [2.05, 4.69) is 11.9 Å². The molecule has 0 aliphatic heterocycles. The fraction of sp³-hybridized carbons (Fsp3) is 0.684. The third-order valence-corrected chi connectivity index (χ3v) is 4.69. The predicted molar refractivity (Wildman–Crippen MR) is 90.6 cm³/mol. The summed E-state index contributed by atoms with van der Waals surface area (Å²) >= 11 is 0. The maximum Gasteiger partial charge on any atom is 0.314 e. The van der Waals surface area contributed by atoms with E-state index >= 15 is 0 Å². The molecule has 1 fully saturated rings. The zero-order valence-electron chi connectivity index (χ0n) is 14.7. The Kier molecular flexibility index (Phi) is 7.47. The lowest BCUT2D eigenvalue weighted by atomic mass is 9.80. The number of hydrogen-bond donors (Lipinski definition) is 0. The lowest BCUT2D eigenvalue weighted by Gasteiger charge is -2.27. The van der Waals surface area contributed by atoms with E-state index in [1.807, 2.05) is 0 Å². The van der Waals surface area contributed by atoms with Gasteiger partial charge in [0.05, 0.1) is 12.5 Å². The lowest BCUT2D eigenvalue weighted by Crippen LogP contribution is -2.26. The van der Waals surface area contributed by atoms with Crippen LogP contribution >= 0.6 is 0 Å². The van der Waals surface area contributed by atoms with Crippen LogP contribution < -0.4 is 9.47 Å². The average molecular weight is 337 g/mol. The highest BCUT2D eigenvalue weighted by Gasteiger charge is 2.28. The summed E-state index contributed by atoms with van der Waals surface area (Å²) in [5.41, 5.74) is 0. The molecular formula is C19H28FNO3. The van der Waals surface area contributed by atoms with Gasteiger partial charge in [-0.3, -0.25) is 4.79 Å². The van der Waals surface area contributed by atoms with Crippen molar-refractivity contribution in [1.29, 1.82) is 0 Å². The van der Waals surface area contributed by atoms with Gasteiger partial charge in [-0.05, 0) is 44.6 Å². The van der Waals surface area contributed by atoms with E-state index < -0.39 is 5.95 Å². The number of ether oxygens (including phenoxy) is 2. The molecule has 0 amide bonds. The van der Waals surface area contributed by atoms with Gasteiger partial charge < -0.3 is 9.47 Å². The van der Waals surface area contributed by atoms with Crippen molar-refractivity contribution in [3.63, 3.8) is 0 Å². The van der Waals surface area contributed by atoms with Crippen molar-refractivity contribution >= 4 is 5.97 Å². The Bertz CT molecular complexity index is 527. The minimum atomic E-state index is -0.803. The molecule has 1 aromatic rings. The number of halogens is 1. The minimum Gasteiger partial charge on any atom is -0.478 e. The fourth-order valence-corrected chi connectivity index (χ4v) is 3.27. The van der Waals surface area contributed by atoms with Crippen molar-refractivity contribution in [2.24, 2.45) is 11.8 Å². The number of esters is 1. The van der Waals surface area contributed by atoms with Crippen LogP contribution in [0.3, 0.4) is 0 Å². The molecule has 0 atom stereocenters. The van der Waals surface area contributed by atoms with Gasteiger partial charge in [-0.15, -0.1) is 0 Å². The summed E-state index contributed by atoms with van der Waals surface area (Å²) in [5.74, 6) is -0.465. The molecule has 1 aromatic heterocycles. The molecule has 24 heavy (non-hydrogen) atoms. The number of rotatable bonds is 8. The molecule has 0 unspecified atom stereocenters. The van der Waals surface area contributed by atoms with Crippen LogP contribution in [-0.2, 0) is 4.79 Å². The van der Waals surface area contributed by atoms with Crippen LogP contribution in [0.2, 0.25) is 0 Å². The molecule has 0 saturated heterocycles. The van der Waals surface area contributed by atoms with Crippen LogP contribution in [0.25, 0.3) is 0 Å². The summed E-state index contributed by atoms with van der Waals surface area (Å²) in [6.07, 6.45) is 8.85. The topological polar surface area (TPSA) is 48.4 Å². The third-order valence-electron chi connectivity index (χ3n) is 4.69. The van der Waals surface area contributed by atoms with Crippen LogP contribution in [0.15, 0.2) is 12.1 Å². The number of carbonyl (C=O) groups excluding carboxylic acids is 1. The standard InChI is InChI=1S/C19H28FNO3/c1-3-5-6-7-14-8-10-15(11-9-14)19(22)24-16-12-13-17(23-4-2)21-18(16)20/h12-15H,3-11H2,1-2H3. The molecule has 4 nitrogen and oxygen atoms in total. The largest absolute Gasteiger partial charge is 0.478 e. The van der Waals surface area contributed by atoms with Crippen molar-refractivity contribution in [1.82, 2.24) is 4.98 Å². The van der Waals surface area contributed by atoms with Gasteiger partial charge in [0.25, 0.3) is 5.95 Å². The molecule has 0 spiro atoms. The molecule has 1 saturated carbocycles. The zero-order chi connectivity index (χ0) is 17.4. The van der Waals surface area contributed by atoms with Gasteiger partial charge in [-0.25, -0.2) is 0 Å². The van der Waals surface area contributed by atoms with Gasteiger partial charge in [-0.1, -0.05) is 32.6 Å². The van der Waals surface area contributed by atoms with Crippen molar-refractivity contribution in [2.45, 2.75) is 65.2 Å². The second-order valence-corrected chi connectivity index (χ2v) is 6.51. The number of hydrogen-bond acceptors (Lipinski definition) is 4. The van der Waals surface area contributed by atoms with Crippen molar-refractivity contribution in [2.75, 3.05) is 6.61 Å². The molecule has 0 aromatic carbocycles. The van der Waals surface area contributed by atoms with Crippen LogP contribution in [0.5, 0.6) is 11.6 Å². The molecule has 134 valence electrons. The van der Waals surface area contributed by atoms with Gasteiger partial charge in [0.15, 0.2) is 5.75 Å². The lowest BCUT2D eigenvalue weighted by molar-refractivity contribution is -0.140.